The molecule has 1 unspecified atom stereocenters. The molecule has 108 valence electrons. The molecule has 0 amide bonds. The quantitative estimate of drug-likeness (QED) is 0.797. The van der Waals surface area contributed by atoms with Gasteiger partial charge in [-0.3, -0.25) is 0 Å². The van der Waals surface area contributed by atoms with E-state index < -0.39 is 0 Å². The summed E-state index contributed by atoms with van der Waals surface area (Å²) < 4.78 is 0. The fourth-order valence-corrected chi connectivity index (χ4v) is 3.93. The van der Waals surface area contributed by atoms with Gasteiger partial charge in [-0.2, -0.15) is 11.8 Å². The second-order valence-electron chi connectivity index (χ2n) is 5.35. The highest BCUT2D eigenvalue weighted by Gasteiger charge is 2.30. The zero-order valence-electron chi connectivity index (χ0n) is 12.4. The molecule has 1 aromatic heterocycles. The second-order valence-corrected chi connectivity index (χ2v) is 7.40. The van der Waals surface area contributed by atoms with Gasteiger partial charge in [-0.15, -0.1) is 11.3 Å². The van der Waals surface area contributed by atoms with E-state index in [1.54, 1.807) is 0 Å². The Kier molecular flexibility index (Phi) is 5.54. The van der Waals surface area contributed by atoms with Gasteiger partial charge in [0.15, 0.2) is 5.13 Å². The first kappa shape index (κ1) is 15.1. The zero-order chi connectivity index (χ0) is 13.8. The van der Waals surface area contributed by atoms with Crippen LogP contribution in [0, 0.1) is 0 Å². The van der Waals surface area contributed by atoms with Gasteiger partial charge in [-0.25, -0.2) is 4.98 Å². The summed E-state index contributed by atoms with van der Waals surface area (Å²) in [5, 5.41) is 4.47. The lowest BCUT2D eigenvalue weighted by atomic mass is 10.2. The number of aromatic nitrogens is 1. The van der Waals surface area contributed by atoms with Crippen LogP contribution in [0.5, 0.6) is 0 Å². The summed E-state index contributed by atoms with van der Waals surface area (Å²) in [6, 6.07) is 0.563. The molecule has 1 heterocycles. The maximum Gasteiger partial charge on any atom is 0.185 e. The standard InChI is InChI=1S/C14H25N3S2/c1-10(7-8-18-4)17(3)14-16-13(11-5-6-11)12(19-14)9-15-2/h10-11,15H,5-9H2,1-4H3. The molecule has 2 rings (SSSR count). The summed E-state index contributed by atoms with van der Waals surface area (Å²) >= 11 is 3.79. The van der Waals surface area contributed by atoms with Gasteiger partial charge >= 0.3 is 0 Å². The van der Waals surface area contributed by atoms with E-state index in [-0.39, 0.29) is 0 Å². The molecule has 1 aliphatic carbocycles. The SMILES string of the molecule is CNCc1sc(N(C)C(C)CCSC)nc1C1CC1. The highest BCUT2D eigenvalue weighted by molar-refractivity contribution is 7.98. The topological polar surface area (TPSA) is 28.2 Å². The van der Waals surface area contributed by atoms with E-state index in [1.807, 2.05) is 30.1 Å². The highest BCUT2D eigenvalue weighted by atomic mass is 32.2. The lowest BCUT2D eigenvalue weighted by Gasteiger charge is -2.23. The summed E-state index contributed by atoms with van der Waals surface area (Å²) in [5.41, 5.74) is 1.36. The van der Waals surface area contributed by atoms with Crippen LogP contribution in [0.1, 0.15) is 42.7 Å². The maximum atomic E-state index is 4.92. The molecule has 1 N–H and O–H groups in total. The minimum Gasteiger partial charge on any atom is -0.348 e. The van der Waals surface area contributed by atoms with Gasteiger partial charge in [-0.1, -0.05) is 0 Å². The molecule has 0 bridgehead atoms. The van der Waals surface area contributed by atoms with Crippen LogP contribution in [-0.4, -0.2) is 37.1 Å². The number of anilines is 1. The van der Waals surface area contributed by atoms with Gasteiger partial charge in [0.25, 0.3) is 0 Å². The third-order valence-corrected chi connectivity index (χ3v) is 5.53. The number of hydrogen-bond acceptors (Lipinski definition) is 5. The van der Waals surface area contributed by atoms with E-state index in [4.69, 9.17) is 4.98 Å². The number of nitrogens with one attached hydrogen (secondary N) is 1. The van der Waals surface area contributed by atoms with Crippen LogP contribution in [-0.2, 0) is 6.54 Å². The minimum absolute atomic E-state index is 0.563. The van der Waals surface area contributed by atoms with Gasteiger partial charge in [0.05, 0.1) is 5.69 Å². The van der Waals surface area contributed by atoms with Gasteiger partial charge in [-0.05, 0) is 45.2 Å². The molecule has 3 nitrogen and oxygen atoms in total. The maximum absolute atomic E-state index is 4.92. The van der Waals surface area contributed by atoms with E-state index in [2.05, 4.69) is 30.4 Å². The Morgan fingerprint density at radius 2 is 2.26 bits per heavy atom. The Labute approximate surface area is 125 Å². The van der Waals surface area contributed by atoms with E-state index in [0.29, 0.717) is 6.04 Å². The third-order valence-electron chi connectivity index (χ3n) is 3.72. The third kappa shape index (κ3) is 3.86. The summed E-state index contributed by atoms with van der Waals surface area (Å²) in [6.07, 6.45) is 6.04. The highest BCUT2D eigenvalue weighted by Crippen LogP contribution is 2.44. The number of nitrogens with zero attached hydrogens (tertiary/aromatic N) is 2. The van der Waals surface area contributed by atoms with Gasteiger partial charge in [0, 0.05) is 30.4 Å². The van der Waals surface area contributed by atoms with Crippen LogP contribution in [0.15, 0.2) is 0 Å². The van der Waals surface area contributed by atoms with E-state index in [0.717, 1.165) is 12.5 Å². The Morgan fingerprint density at radius 3 is 2.84 bits per heavy atom. The van der Waals surface area contributed by atoms with Crippen molar-refractivity contribution in [3.8, 4) is 0 Å². The Bertz CT molecular complexity index is 401. The molecule has 0 radical (unpaired) electrons. The molecule has 19 heavy (non-hydrogen) atoms. The van der Waals surface area contributed by atoms with Crippen molar-refractivity contribution < 1.29 is 0 Å². The first-order valence-corrected chi connectivity index (χ1v) is 9.24. The van der Waals surface area contributed by atoms with Crippen LogP contribution in [0.4, 0.5) is 5.13 Å². The Balaban J connectivity index is 2.08. The largest absolute Gasteiger partial charge is 0.348 e. The monoisotopic (exact) mass is 299 g/mol. The van der Waals surface area contributed by atoms with Crippen molar-refractivity contribution >= 4 is 28.2 Å². The summed E-state index contributed by atoms with van der Waals surface area (Å²) in [6.45, 7) is 3.25. The van der Waals surface area contributed by atoms with Crippen molar-refractivity contribution in [1.82, 2.24) is 10.3 Å². The number of thioether (sulfide) groups is 1. The van der Waals surface area contributed by atoms with E-state index in [9.17, 15) is 0 Å². The molecule has 1 aromatic rings. The molecular formula is C14H25N3S2. The first-order valence-electron chi connectivity index (χ1n) is 7.03. The molecule has 0 aliphatic heterocycles. The molecule has 0 spiro atoms. The average molecular weight is 300 g/mol. The lowest BCUT2D eigenvalue weighted by molar-refractivity contribution is 0.666. The molecule has 0 aromatic carbocycles. The fourth-order valence-electron chi connectivity index (χ4n) is 2.14. The van der Waals surface area contributed by atoms with Crippen molar-refractivity contribution in [1.29, 1.82) is 0 Å². The first-order chi connectivity index (χ1) is 9.17. The van der Waals surface area contributed by atoms with Crippen LogP contribution >= 0.6 is 23.1 Å². The predicted molar refractivity (Wildman–Crippen MR) is 87.7 cm³/mol. The van der Waals surface area contributed by atoms with Crippen LogP contribution in [0.25, 0.3) is 0 Å². The van der Waals surface area contributed by atoms with Crippen molar-refractivity contribution in [2.45, 2.75) is 44.7 Å². The minimum atomic E-state index is 0.563. The number of thiazole rings is 1. The van der Waals surface area contributed by atoms with Crippen LogP contribution in [0.2, 0.25) is 0 Å². The van der Waals surface area contributed by atoms with E-state index >= 15 is 0 Å². The van der Waals surface area contributed by atoms with Gasteiger partial charge < -0.3 is 10.2 Å². The smallest absolute Gasteiger partial charge is 0.185 e. The Morgan fingerprint density at radius 1 is 1.53 bits per heavy atom. The summed E-state index contributed by atoms with van der Waals surface area (Å²) in [7, 11) is 4.20. The summed E-state index contributed by atoms with van der Waals surface area (Å²) in [5.74, 6) is 1.96. The van der Waals surface area contributed by atoms with Crippen molar-refractivity contribution in [2.75, 3.05) is 31.0 Å². The van der Waals surface area contributed by atoms with Gasteiger partial charge in [0.2, 0.25) is 0 Å². The molecular weight excluding hydrogens is 274 g/mol. The van der Waals surface area contributed by atoms with Crippen LogP contribution < -0.4 is 10.2 Å². The average Bonchev–Trinajstić information content (AvgIpc) is 3.17. The molecule has 1 saturated carbocycles. The molecule has 5 heteroatoms. The molecule has 1 fully saturated rings. The molecule has 0 saturated heterocycles. The second kappa shape index (κ2) is 6.95. The normalized spacial score (nSPS) is 16.6. The fraction of sp³-hybridized carbons (Fsp3) is 0.786. The molecule has 1 atom stereocenters. The number of hydrogen-bond donors (Lipinski definition) is 1. The summed E-state index contributed by atoms with van der Waals surface area (Å²) in [4.78, 5) is 8.70. The van der Waals surface area contributed by atoms with Crippen molar-refractivity contribution in [2.24, 2.45) is 0 Å². The lowest BCUT2D eigenvalue weighted by Crippen LogP contribution is -2.29. The van der Waals surface area contributed by atoms with Crippen LogP contribution in [0.3, 0.4) is 0 Å². The number of rotatable bonds is 8. The Hall–Kier alpha value is -0.260. The van der Waals surface area contributed by atoms with Gasteiger partial charge in [0.1, 0.15) is 0 Å². The van der Waals surface area contributed by atoms with E-state index in [1.165, 1.54) is 40.7 Å². The predicted octanol–water partition coefficient (Wildman–Crippen LogP) is 3.32. The van der Waals surface area contributed by atoms with Crippen molar-refractivity contribution in [3.63, 3.8) is 0 Å². The van der Waals surface area contributed by atoms with Crippen molar-refractivity contribution in [3.05, 3.63) is 10.6 Å². The zero-order valence-corrected chi connectivity index (χ0v) is 14.0. The molecule has 1 aliphatic rings.